The third kappa shape index (κ3) is 11.3. The van der Waals surface area contributed by atoms with Crippen molar-refractivity contribution in [3.05, 3.63) is 76.2 Å². The van der Waals surface area contributed by atoms with E-state index in [1.54, 1.807) is 0 Å². The van der Waals surface area contributed by atoms with Gasteiger partial charge in [0, 0.05) is 47.6 Å². The van der Waals surface area contributed by atoms with E-state index in [9.17, 15) is 4.79 Å². The lowest BCUT2D eigenvalue weighted by Crippen LogP contribution is -2.30. The zero-order chi connectivity index (χ0) is 37.2. The minimum absolute atomic E-state index is 0.0631. The fourth-order valence-electron chi connectivity index (χ4n) is 7.17. The lowest BCUT2D eigenvalue weighted by molar-refractivity contribution is 0.186. The van der Waals surface area contributed by atoms with Crippen LogP contribution in [-0.4, -0.2) is 30.8 Å². The first-order valence-electron chi connectivity index (χ1n) is 19.3. The Morgan fingerprint density at radius 3 is 2.02 bits per heavy atom. The Balaban J connectivity index is 0.000000597. The van der Waals surface area contributed by atoms with Crippen LogP contribution in [0.15, 0.2) is 60.2 Å². The van der Waals surface area contributed by atoms with Crippen molar-refractivity contribution in [2.45, 2.75) is 135 Å². The second-order valence-electron chi connectivity index (χ2n) is 12.9. The molecule has 4 rings (SSSR count). The van der Waals surface area contributed by atoms with Crippen molar-refractivity contribution in [1.29, 1.82) is 0 Å². The molecule has 49 heavy (non-hydrogen) atoms. The molecule has 2 aliphatic rings. The predicted molar refractivity (Wildman–Crippen MR) is 215 cm³/mol. The largest absolute Gasteiger partial charge is 0.465 e. The molecule has 0 bridgehead atoms. The first-order chi connectivity index (χ1) is 23.5. The Morgan fingerprint density at radius 1 is 0.898 bits per heavy atom. The molecule has 2 aromatic carbocycles. The van der Waals surface area contributed by atoms with Gasteiger partial charge in [0.15, 0.2) is 0 Å². The summed E-state index contributed by atoms with van der Waals surface area (Å²) in [5.74, 6) is 1.97. The Morgan fingerprint density at radius 2 is 1.51 bits per heavy atom. The Bertz CT molecular complexity index is 1480. The fraction of sp³-hybridized carbons (Fsp3) is 0.568. The quantitative estimate of drug-likeness (QED) is 0.235. The van der Waals surface area contributed by atoms with Gasteiger partial charge in [-0.2, -0.15) is 0 Å². The third-order valence-electron chi connectivity index (χ3n) is 10.3. The number of carboxylic acid groups (broad SMARTS) is 1. The van der Waals surface area contributed by atoms with Gasteiger partial charge in [0.25, 0.3) is 0 Å². The maximum absolute atomic E-state index is 10.2. The Labute approximate surface area is 300 Å². The number of rotatable bonds is 12. The van der Waals surface area contributed by atoms with Crippen molar-refractivity contribution in [2.24, 2.45) is 10.8 Å². The number of hydrogen-bond donors (Lipinski definition) is 2. The van der Waals surface area contributed by atoms with Crippen LogP contribution in [0, 0.1) is 10.8 Å². The van der Waals surface area contributed by atoms with Gasteiger partial charge in [0.2, 0.25) is 0 Å². The average molecular weight is 675 g/mol. The number of fused-ring (bicyclic) bond motifs is 2. The molecule has 274 valence electrons. The van der Waals surface area contributed by atoms with E-state index in [-0.39, 0.29) is 5.41 Å². The van der Waals surface area contributed by atoms with E-state index < -0.39 is 6.09 Å². The molecule has 0 saturated carbocycles. The summed E-state index contributed by atoms with van der Waals surface area (Å²) >= 11 is 0. The maximum Gasteiger partial charge on any atom is 0.404 e. The van der Waals surface area contributed by atoms with Gasteiger partial charge in [-0.1, -0.05) is 130 Å². The Hall–Kier alpha value is -3.47. The molecule has 5 nitrogen and oxygen atoms in total. The van der Waals surface area contributed by atoms with E-state index in [0.717, 1.165) is 69.5 Å². The summed E-state index contributed by atoms with van der Waals surface area (Å²) in [4.78, 5) is 12.6. The second-order valence-corrected chi connectivity index (χ2v) is 12.9. The standard InChI is InChI=1S/C30H37NO.C10H21NO2.2C2H6/c1-7-22(8-2)23-13-15-25-27(18-23)32-28-19-24(31(9-3)10-4)14-16-26(28)29(25)30(6)17-11-12-21(5)20-30;1-4-10(5-2,6-3)7-8-11-9(12)13;2*1-2/h11-19H,7-10,20H2,1-6H3;11H,4-8H2,1-3H3,(H,12,13);2*1-2H3. The van der Waals surface area contributed by atoms with E-state index in [1.807, 2.05) is 27.7 Å². The van der Waals surface area contributed by atoms with Crippen LogP contribution in [0.25, 0.3) is 11.1 Å². The van der Waals surface area contributed by atoms with Crippen molar-refractivity contribution in [2.75, 3.05) is 24.5 Å². The number of anilines is 1. The van der Waals surface area contributed by atoms with Gasteiger partial charge in [0.1, 0.15) is 11.5 Å². The SMILES string of the molecule is CC.CC.CCC(CC)(CC)CCNC(=O)O.CCC(CC)=c1ccc2c(c1)Oc1cc(N(CC)CC)ccc1C=2C1(C)C=CC=C(C)C1. The highest BCUT2D eigenvalue weighted by Gasteiger charge is 2.34. The first-order valence-corrected chi connectivity index (χ1v) is 19.3. The molecule has 1 atom stereocenters. The van der Waals surface area contributed by atoms with Crippen molar-refractivity contribution in [1.82, 2.24) is 5.32 Å². The molecular formula is C44H70N2O3. The molecule has 0 radical (unpaired) electrons. The van der Waals surface area contributed by atoms with E-state index in [2.05, 4.69) is 127 Å². The number of allylic oxidation sites excluding steroid dienone is 4. The molecule has 2 N–H and O–H groups in total. The smallest absolute Gasteiger partial charge is 0.404 e. The molecule has 1 amide bonds. The van der Waals surface area contributed by atoms with Crippen LogP contribution in [0.1, 0.15) is 141 Å². The maximum atomic E-state index is 10.2. The number of ether oxygens (including phenoxy) is 1. The fourth-order valence-corrected chi connectivity index (χ4v) is 7.17. The molecule has 0 saturated heterocycles. The molecule has 1 unspecified atom stereocenters. The topological polar surface area (TPSA) is 61.8 Å². The lowest BCUT2D eigenvalue weighted by atomic mass is 9.70. The summed E-state index contributed by atoms with van der Waals surface area (Å²) in [5.41, 5.74) is 6.99. The number of amides is 1. The number of benzene rings is 2. The van der Waals surface area contributed by atoms with Gasteiger partial charge in [-0.3, -0.25) is 0 Å². The second kappa shape index (κ2) is 21.6. The molecule has 1 heterocycles. The van der Waals surface area contributed by atoms with Crippen LogP contribution in [-0.2, 0) is 0 Å². The zero-order valence-electron chi connectivity index (χ0n) is 33.5. The van der Waals surface area contributed by atoms with Crippen LogP contribution >= 0.6 is 0 Å². The Kier molecular flexibility index (Phi) is 19.2. The van der Waals surface area contributed by atoms with Crippen molar-refractivity contribution in [3.63, 3.8) is 0 Å². The van der Waals surface area contributed by atoms with Crippen molar-refractivity contribution >= 4 is 22.9 Å². The molecule has 0 spiro atoms. The number of hydrogen-bond acceptors (Lipinski definition) is 3. The third-order valence-corrected chi connectivity index (χ3v) is 10.3. The lowest BCUT2D eigenvalue weighted by Gasteiger charge is -2.36. The average Bonchev–Trinajstić information content (AvgIpc) is 3.12. The molecule has 1 aliphatic heterocycles. The van der Waals surface area contributed by atoms with Crippen molar-refractivity contribution in [3.8, 4) is 11.5 Å². The van der Waals surface area contributed by atoms with Gasteiger partial charge < -0.3 is 20.1 Å². The summed E-state index contributed by atoms with van der Waals surface area (Å²) in [7, 11) is 0. The van der Waals surface area contributed by atoms with Crippen LogP contribution in [0.3, 0.4) is 0 Å². The summed E-state index contributed by atoms with van der Waals surface area (Å²) in [6.45, 7) is 30.6. The summed E-state index contributed by atoms with van der Waals surface area (Å²) in [6.07, 6.45) is 13.4. The van der Waals surface area contributed by atoms with Crippen molar-refractivity contribution < 1.29 is 14.6 Å². The summed E-state index contributed by atoms with van der Waals surface area (Å²) < 4.78 is 6.63. The summed E-state index contributed by atoms with van der Waals surface area (Å²) in [5, 5.41) is 13.4. The van der Waals surface area contributed by atoms with Gasteiger partial charge in [0.05, 0.1) is 0 Å². The van der Waals surface area contributed by atoms with Gasteiger partial charge in [-0.15, -0.1) is 0 Å². The van der Waals surface area contributed by atoms with Crippen LogP contribution in [0.2, 0.25) is 0 Å². The monoisotopic (exact) mass is 675 g/mol. The van der Waals surface area contributed by atoms with E-state index in [1.165, 1.54) is 38.4 Å². The molecule has 1 aliphatic carbocycles. The van der Waals surface area contributed by atoms with Gasteiger partial charge in [-0.05, 0) is 80.9 Å². The molecular weight excluding hydrogens is 604 g/mol. The number of nitrogens with one attached hydrogen (secondary N) is 1. The summed E-state index contributed by atoms with van der Waals surface area (Å²) in [6, 6.07) is 13.6. The molecule has 0 aromatic heterocycles. The molecule has 2 aromatic rings. The number of nitrogens with zero attached hydrogens (tertiary/aromatic N) is 1. The van der Waals surface area contributed by atoms with E-state index in [0.29, 0.717) is 12.0 Å². The highest BCUT2D eigenvalue weighted by atomic mass is 16.5. The van der Waals surface area contributed by atoms with E-state index >= 15 is 0 Å². The van der Waals surface area contributed by atoms with Crippen LogP contribution < -0.4 is 25.4 Å². The predicted octanol–water partition coefficient (Wildman–Crippen LogP) is 11.6. The number of carbonyl (C=O) groups is 1. The van der Waals surface area contributed by atoms with Crippen LogP contribution in [0.4, 0.5) is 10.5 Å². The minimum atomic E-state index is -0.919. The van der Waals surface area contributed by atoms with Gasteiger partial charge in [-0.25, -0.2) is 4.79 Å². The molecule has 0 fully saturated rings. The van der Waals surface area contributed by atoms with E-state index in [4.69, 9.17) is 9.84 Å². The zero-order valence-corrected chi connectivity index (χ0v) is 33.5. The van der Waals surface area contributed by atoms with Crippen LogP contribution in [0.5, 0.6) is 11.5 Å². The highest BCUT2D eigenvalue weighted by molar-refractivity contribution is 5.81. The first kappa shape index (κ1) is 43.6. The highest BCUT2D eigenvalue weighted by Crippen LogP contribution is 2.47. The molecule has 5 heteroatoms. The van der Waals surface area contributed by atoms with Gasteiger partial charge >= 0.3 is 6.09 Å². The minimum Gasteiger partial charge on any atom is -0.465 e. The normalized spacial score (nSPS) is 15.7.